The van der Waals surface area contributed by atoms with E-state index in [1.54, 1.807) is 5.57 Å². The van der Waals surface area contributed by atoms with E-state index >= 15 is 0 Å². The van der Waals surface area contributed by atoms with Gasteiger partial charge in [-0.2, -0.15) is 4.98 Å². The third-order valence-electron chi connectivity index (χ3n) is 5.53. The Hall–Kier alpha value is -2.63. The third kappa shape index (κ3) is 4.80. The fraction of sp³-hybridized carbons (Fsp3) is 0.500. The average Bonchev–Trinajstić information content (AvgIpc) is 2.75. The average molecular weight is 379 g/mol. The predicted octanol–water partition coefficient (Wildman–Crippen LogP) is 3.81. The fourth-order valence-corrected chi connectivity index (χ4v) is 3.97. The number of hydrogen-bond acceptors (Lipinski definition) is 6. The molecule has 0 amide bonds. The van der Waals surface area contributed by atoms with Crippen molar-refractivity contribution >= 4 is 17.6 Å². The molecule has 2 aromatic heterocycles. The van der Waals surface area contributed by atoms with E-state index in [2.05, 4.69) is 43.3 Å². The molecule has 0 radical (unpaired) electrons. The number of aromatic nitrogens is 3. The van der Waals surface area contributed by atoms with Crippen molar-refractivity contribution in [2.45, 2.75) is 39.0 Å². The summed E-state index contributed by atoms with van der Waals surface area (Å²) in [5, 5.41) is 3.44. The topological polar surface area (TPSA) is 57.2 Å². The predicted molar refractivity (Wildman–Crippen MR) is 115 cm³/mol. The molecule has 3 heterocycles. The largest absolute Gasteiger partial charge is 0.354 e. The van der Waals surface area contributed by atoms with Crippen molar-refractivity contribution in [1.29, 1.82) is 0 Å². The number of nitrogens with zero attached hydrogens (tertiary/aromatic N) is 5. The number of anilines is 3. The molecule has 1 aliphatic carbocycles. The van der Waals surface area contributed by atoms with Gasteiger partial charge in [-0.3, -0.25) is 0 Å². The summed E-state index contributed by atoms with van der Waals surface area (Å²) in [6.07, 6.45) is 10.5. The van der Waals surface area contributed by atoms with Crippen LogP contribution in [-0.2, 0) is 0 Å². The summed E-state index contributed by atoms with van der Waals surface area (Å²) in [7, 11) is 0. The summed E-state index contributed by atoms with van der Waals surface area (Å²) >= 11 is 0. The molecule has 0 bridgehead atoms. The summed E-state index contributed by atoms with van der Waals surface area (Å²) in [6, 6.07) is 8.17. The first-order chi connectivity index (χ1) is 13.8. The van der Waals surface area contributed by atoms with Gasteiger partial charge in [-0.15, -0.1) is 0 Å². The van der Waals surface area contributed by atoms with E-state index in [9.17, 15) is 0 Å². The van der Waals surface area contributed by atoms with Crippen LogP contribution in [-0.4, -0.2) is 47.7 Å². The molecule has 6 nitrogen and oxygen atoms in total. The number of rotatable bonds is 6. The number of pyridine rings is 1. The normalized spacial score (nSPS) is 17.4. The second-order valence-corrected chi connectivity index (χ2v) is 7.64. The van der Waals surface area contributed by atoms with Gasteiger partial charge in [0.2, 0.25) is 5.95 Å². The van der Waals surface area contributed by atoms with Crippen LogP contribution in [0, 0.1) is 6.92 Å². The first-order valence-electron chi connectivity index (χ1n) is 10.5. The van der Waals surface area contributed by atoms with E-state index < -0.39 is 0 Å². The smallest absolute Gasteiger partial charge is 0.224 e. The van der Waals surface area contributed by atoms with Crippen LogP contribution in [0.3, 0.4) is 0 Å². The minimum Gasteiger partial charge on any atom is -0.354 e. The van der Waals surface area contributed by atoms with Gasteiger partial charge < -0.3 is 15.1 Å². The molecule has 0 spiro atoms. The molecule has 0 aromatic carbocycles. The Morgan fingerprint density at radius 1 is 1.00 bits per heavy atom. The number of aryl methyl sites for hydroxylation is 1. The highest BCUT2D eigenvalue weighted by molar-refractivity contribution is 5.48. The number of allylic oxidation sites excluding steroid dienone is 1. The van der Waals surface area contributed by atoms with Crippen molar-refractivity contribution in [3.05, 3.63) is 47.8 Å². The number of nitrogens with one attached hydrogen (secondary N) is 1. The highest BCUT2D eigenvalue weighted by Gasteiger charge is 2.19. The zero-order chi connectivity index (χ0) is 19.2. The molecule has 6 heteroatoms. The lowest BCUT2D eigenvalue weighted by Crippen LogP contribution is -2.47. The SMILES string of the molecule is Cc1cc(N2CCN(c3ccccn3)CC2)nc(NCCC2=CCCCC2)n1. The van der Waals surface area contributed by atoms with Gasteiger partial charge in [0, 0.05) is 50.7 Å². The molecule has 0 unspecified atom stereocenters. The minimum atomic E-state index is 0.749. The maximum absolute atomic E-state index is 4.79. The molecule has 2 aromatic rings. The van der Waals surface area contributed by atoms with Crippen LogP contribution in [0.5, 0.6) is 0 Å². The molecule has 1 saturated heterocycles. The quantitative estimate of drug-likeness (QED) is 0.772. The Bertz CT molecular complexity index is 796. The second kappa shape index (κ2) is 9.04. The Morgan fingerprint density at radius 3 is 2.54 bits per heavy atom. The fourth-order valence-electron chi connectivity index (χ4n) is 3.97. The third-order valence-corrected chi connectivity index (χ3v) is 5.53. The van der Waals surface area contributed by atoms with E-state index in [0.717, 1.165) is 62.4 Å². The Morgan fingerprint density at radius 2 is 1.82 bits per heavy atom. The van der Waals surface area contributed by atoms with Gasteiger partial charge in [0.05, 0.1) is 0 Å². The highest BCUT2D eigenvalue weighted by atomic mass is 15.3. The summed E-state index contributed by atoms with van der Waals surface area (Å²) in [5.41, 5.74) is 2.59. The Labute approximate surface area is 167 Å². The van der Waals surface area contributed by atoms with Gasteiger partial charge in [0.15, 0.2) is 0 Å². The molecule has 1 fully saturated rings. The summed E-state index contributed by atoms with van der Waals surface area (Å²) in [5.74, 6) is 2.83. The van der Waals surface area contributed by atoms with Crippen LogP contribution >= 0.6 is 0 Å². The van der Waals surface area contributed by atoms with Crippen LogP contribution in [0.25, 0.3) is 0 Å². The highest BCUT2D eigenvalue weighted by Crippen LogP contribution is 2.21. The van der Waals surface area contributed by atoms with Gasteiger partial charge in [0.25, 0.3) is 0 Å². The van der Waals surface area contributed by atoms with Crippen LogP contribution in [0.2, 0.25) is 0 Å². The lowest BCUT2D eigenvalue weighted by atomic mass is 9.97. The van der Waals surface area contributed by atoms with Crippen molar-refractivity contribution in [3.8, 4) is 0 Å². The summed E-state index contributed by atoms with van der Waals surface area (Å²) in [4.78, 5) is 18.5. The van der Waals surface area contributed by atoms with Crippen molar-refractivity contribution in [3.63, 3.8) is 0 Å². The van der Waals surface area contributed by atoms with E-state index in [-0.39, 0.29) is 0 Å². The first-order valence-corrected chi connectivity index (χ1v) is 10.5. The molecular weight excluding hydrogens is 348 g/mol. The van der Waals surface area contributed by atoms with E-state index in [4.69, 9.17) is 4.98 Å². The van der Waals surface area contributed by atoms with E-state index in [1.807, 2.05) is 25.3 Å². The summed E-state index contributed by atoms with van der Waals surface area (Å²) < 4.78 is 0. The van der Waals surface area contributed by atoms with Gasteiger partial charge in [-0.05, 0) is 51.2 Å². The monoisotopic (exact) mass is 378 g/mol. The van der Waals surface area contributed by atoms with Gasteiger partial charge in [-0.25, -0.2) is 9.97 Å². The maximum Gasteiger partial charge on any atom is 0.224 e. The van der Waals surface area contributed by atoms with Crippen molar-refractivity contribution in [2.24, 2.45) is 0 Å². The van der Waals surface area contributed by atoms with Crippen LogP contribution in [0.15, 0.2) is 42.1 Å². The van der Waals surface area contributed by atoms with Crippen molar-refractivity contribution < 1.29 is 0 Å². The van der Waals surface area contributed by atoms with Crippen molar-refractivity contribution in [2.75, 3.05) is 47.8 Å². The maximum atomic E-state index is 4.79. The lowest BCUT2D eigenvalue weighted by molar-refractivity contribution is 0.641. The molecule has 0 saturated carbocycles. The van der Waals surface area contributed by atoms with Gasteiger partial charge in [-0.1, -0.05) is 17.7 Å². The minimum absolute atomic E-state index is 0.749. The molecule has 0 atom stereocenters. The number of hydrogen-bond donors (Lipinski definition) is 1. The standard InChI is InChI=1S/C22H30N6/c1-18-17-21(26-22(25-18)24-12-10-19-7-3-2-4-8-19)28-15-13-27(14-16-28)20-9-5-6-11-23-20/h5-7,9,11,17H,2-4,8,10,12-16H2,1H3,(H,24,25,26). The molecule has 2 aliphatic rings. The van der Waals surface area contributed by atoms with Gasteiger partial charge in [0.1, 0.15) is 11.6 Å². The molecular formula is C22H30N6. The molecule has 148 valence electrons. The second-order valence-electron chi connectivity index (χ2n) is 7.64. The van der Waals surface area contributed by atoms with Crippen LogP contribution in [0.1, 0.15) is 37.8 Å². The summed E-state index contributed by atoms with van der Waals surface area (Å²) in [6.45, 7) is 6.75. The zero-order valence-electron chi connectivity index (χ0n) is 16.8. The first kappa shape index (κ1) is 18.7. The number of piperazine rings is 1. The molecule has 4 rings (SSSR count). The molecule has 28 heavy (non-hydrogen) atoms. The Balaban J connectivity index is 1.34. The van der Waals surface area contributed by atoms with E-state index in [0.29, 0.717) is 0 Å². The lowest BCUT2D eigenvalue weighted by Gasteiger charge is -2.36. The Kier molecular flexibility index (Phi) is 6.04. The van der Waals surface area contributed by atoms with E-state index in [1.165, 1.54) is 25.7 Å². The molecule has 1 aliphatic heterocycles. The van der Waals surface area contributed by atoms with Crippen LogP contribution < -0.4 is 15.1 Å². The van der Waals surface area contributed by atoms with Crippen LogP contribution in [0.4, 0.5) is 17.6 Å². The molecule has 1 N–H and O–H groups in total. The van der Waals surface area contributed by atoms with Gasteiger partial charge >= 0.3 is 0 Å². The zero-order valence-corrected chi connectivity index (χ0v) is 16.8. The van der Waals surface area contributed by atoms with Crippen molar-refractivity contribution in [1.82, 2.24) is 15.0 Å².